The van der Waals surface area contributed by atoms with Gasteiger partial charge in [-0.05, 0) is 18.8 Å². The van der Waals surface area contributed by atoms with E-state index in [1.807, 2.05) is 0 Å². The molecule has 1 saturated carbocycles. The highest BCUT2D eigenvalue weighted by atomic mass is 16.5. The second-order valence-electron chi connectivity index (χ2n) is 3.86. The zero-order valence-corrected chi connectivity index (χ0v) is 6.38. The van der Waals surface area contributed by atoms with Gasteiger partial charge in [0.25, 0.3) is 0 Å². The number of carboxylic acid groups (broad SMARTS) is 1. The number of hydrogen-bond donors (Lipinski definition) is 1. The van der Waals surface area contributed by atoms with E-state index in [0.29, 0.717) is 17.8 Å². The second kappa shape index (κ2) is 2.21. The van der Waals surface area contributed by atoms with Gasteiger partial charge in [0.1, 0.15) is 0 Å². The number of rotatable bonds is 2. The monoisotopic (exact) mass is 156 g/mol. The molecule has 0 atom stereocenters. The Kier molecular flexibility index (Phi) is 1.42. The number of carboxylic acids is 1. The Labute approximate surface area is 65.4 Å². The van der Waals surface area contributed by atoms with Crippen LogP contribution >= 0.6 is 0 Å². The third-order valence-electron chi connectivity index (χ3n) is 2.72. The van der Waals surface area contributed by atoms with Gasteiger partial charge in [0.2, 0.25) is 0 Å². The molecule has 3 heteroatoms. The smallest absolute Gasteiger partial charge is 0.303 e. The second-order valence-corrected chi connectivity index (χ2v) is 3.86. The van der Waals surface area contributed by atoms with Crippen molar-refractivity contribution < 1.29 is 14.6 Å². The van der Waals surface area contributed by atoms with Gasteiger partial charge >= 0.3 is 5.97 Å². The van der Waals surface area contributed by atoms with Crippen molar-refractivity contribution >= 4 is 5.97 Å². The molecule has 1 aliphatic heterocycles. The summed E-state index contributed by atoms with van der Waals surface area (Å²) in [5.41, 5.74) is 0.417. The van der Waals surface area contributed by atoms with Gasteiger partial charge in [-0.3, -0.25) is 4.79 Å². The summed E-state index contributed by atoms with van der Waals surface area (Å²) in [6.07, 6.45) is 2.49. The van der Waals surface area contributed by atoms with E-state index in [2.05, 4.69) is 0 Å². The Balaban J connectivity index is 1.75. The maximum Gasteiger partial charge on any atom is 0.303 e. The highest BCUT2D eigenvalue weighted by Gasteiger charge is 2.49. The van der Waals surface area contributed by atoms with Gasteiger partial charge in [-0.2, -0.15) is 0 Å². The Morgan fingerprint density at radius 3 is 2.55 bits per heavy atom. The third-order valence-corrected chi connectivity index (χ3v) is 2.72. The Morgan fingerprint density at radius 2 is 2.18 bits per heavy atom. The summed E-state index contributed by atoms with van der Waals surface area (Å²) in [5.74, 6) is -0.235. The van der Waals surface area contributed by atoms with Crippen molar-refractivity contribution in [1.82, 2.24) is 0 Å². The van der Waals surface area contributed by atoms with Gasteiger partial charge in [0, 0.05) is 11.8 Å². The third kappa shape index (κ3) is 1.13. The number of carbonyl (C=O) groups is 1. The summed E-state index contributed by atoms with van der Waals surface area (Å²) in [6.45, 7) is 1.73. The normalized spacial score (nSPS) is 27.6. The summed E-state index contributed by atoms with van der Waals surface area (Å²) in [5, 5.41) is 8.48. The van der Waals surface area contributed by atoms with E-state index >= 15 is 0 Å². The zero-order valence-electron chi connectivity index (χ0n) is 6.38. The van der Waals surface area contributed by atoms with Crippen molar-refractivity contribution in [3.63, 3.8) is 0 Å². The summed E-state index contributed by atoms with van der Waals surface area (Å²) in [7, 11) is 0. The molecule has 0 aromatic carbocycles. The first-order chi connectivity index (χ1) is 5.20. The van der Waals surface area contributed by atoms with Crippen molar-refractivity contribution in [2.75, 3.05) is 13.2 Å². The van der Waals surface area contributed by atoms with E-state index < -0.39 is 5.97 Å². The van der Waals surface area contributed by atoms with Crippen LogP contribution in [0.2, 0.25) is 0 Å². The van der Waals surface area contributed by atoms with Crippen LogP contribution in [0.3, 0.4) is 0 Å². The molecule has 0 amide bonds. The zero-order chi connectivity index (χ0) is 7.90. The molecule has 1 saturated heterocycles. The molecule has 0 bridgehead atoms. The van der Waals surface area contributed by atoms with Gasteiger partial charge in [0.05, 0.1) is 13.2 Å². The average molecular weight is 156 g/mol. The molecule has 2 aliphatic rings. The number of ether oxygens (including phenoxy) is 1. The van der Waals surface area contributed by atoms with Crippen LogP contribution in [0.25, 0.3) is 0 Å². The van der Waals surface area contributed by atoms with E-state index in [1.165, 1.54) is 0 Å². The Hall–Kier alpha value is -0.570. The summed E-state index contributed by atoms with van der Waals surface area (Å²) in [4.78, 5) is 10.3. The fourth-order valence-corrected chi connectivity index (χ4v) is 2.18. The van der Waals surface area contributed by atoms with Crippen LogP contribution in [0, 0.1) is 11.3 Å². The Morgan fingerprint density at radius 1 is 1.55 bits per heavy atom. The van der Waals surface area contributed by atoms with Gasteiger partial charge in [0.15, 0.2) is 0 Å². The van der Waals surface area contributed by atoms with Crippen LogP contribution in [-0.4, -0.2) is 24.3 Å². The summed E-state index contributed by atoms with van der Waals surface area (Å²) in [6, 6.07) is 0. The van der Waals surface area contributed by atoms with Crippen LogP contribution in [0.1, 0.15) is 19.3 Å². The van der Waals surface area contributed by atoms with E-state index in [0.717, 1.165) is 26.1 Å². The highest BCUT2D eigenvalue weighted by molar-refractivity contribution is 5.67. The molecule has 0 aromatic rings. The molecule has 0 unspecified atom stereocenters. The molecule has 3 nitrogen and oxygen atoms in total. The highest BCUT2D eigenvalue weighted by Crippen LogP contribution is 2.51. The maximum atomic E-state index is 10.3. The average Bonchev–Trinajstić information content (AvgIpc) is 1.71. The minimum Gasteiger partial charge on any atom is -0.481 e. The fourth-order valence-electron chi connectivity index (χ4n) is 2.18. The lowest BCUT2D eigenvalue weighted by Crippen LogP contribution is -2.52. The molecule has 0 aromatic heterocycles. The van der Waals surface area contributed by atoms with Crippen molar-refractivity contribution in [1.29, 1.82) is 0 Å². The van der Waals surface area contributed by atoms with E-state index in [-0.39, 0.29) is 0 Å². The van der Waals surface area contributed by atoms with Crippen molar-refractivity contribution in [2.45, 2.75) is 19.3 Å². The SMILES string of the molecule is O=C(O)CC1CC2(COC2)C1. The van der Waals surface area contributed by atoms with E-state index in [4.69, 9.17) is 9.84 Å². The van der Waals surface area contributed by atoms with Gasteiger partial charge < -0.3 is 9.84 Å². The molecule has 2 rings (SSSR count). The lowest BCUT2D eigenvalue weighted by molar-refractivity contribution is -0.183. The molecule has 1 N–H and O–H groups in total. The standard InChI is InChI=1S/C8H12O3/c9-7(10)1-6-2-8(3-6)4-11-5-8/h6H,1-5H2,(H,9,10). The quantitative estimate of drug-likeness (QED) is 0.645. The predicted molar refractivity (Wildman–Crippen MR) is 38.2 cm³/mol. The van der Waals surface area contributed by atoms with Crippen LogP contribution in [0.15, 0.2) is 0 Å². The number of aliphatic carboxylic acids is 1. The molecule has 0 radical (unpaired) electrons. The topological polar surface area (TPSA) is 46.5 Å². The first kappa shape index (κ1) is 7.10. The maximum absolute atomic E-state index is 10.3. The van der Waals surface area contributed by atoms with Crippen LogP contribution < -0.4 is 0 Å². The first-order valence-corrected chi connectivity index (χ1v) is 4.00. The molecular formula is C8H12O3. The minimum atomic E-state index is -0.662. The molecule has 1 spiro atoms. The molecular weight excluding hydrogens is 144 g/mol. The summed E-state index contributed by atoms with van der Waals surface area (Å²) < 4.78 is 5.09. The molecule has 1 aliphatic carbocycles. The van der Waals surface area contributed by atoms with Gasteiger partial charge in [-0.1, -0.05) is 0 Å². The molecule has 1 heterocycles. The van der Waals surface area contributed by atoms with Crippen LogP contribution in [-0.2, 0) is 9.53 Å². The first-order valence-electron chi connectivity index (χ1n) is 4.00. The summed E-state index contributed by atoms with van der Waals surface area (Å²) >= 11 is 0. The van der Waals surface area contributed by atoms with Crippen molar-refractivity contribution in [3.05, 3.63) is 0 Å². The van der Waals surface area contributed by atoms with Crippen molar-refractivity contribution in [3.8, 4) is 0 Å². The molecule has 62 valence electrons. The molecule has 2 fully saturated rings. The van der Waals surface area contributed by atoms with E-state index in [1.54, 1.807) is 0 Å². The lowest BCUT2D eigenvalue weighted by atomic mass is 9.60. The Bertz CT molecular complexity index is 176. The van der Waals surface area contributed by atoms with E-state index in [9.17, 15) is 4.79 Å². The fraction of sp³-hybridized carbons (Fsp3) is 0.875. The largest absolute Gasteiger partial charge is 0.481 e. The minimum absolute atomic E-state index is 0.349. The predicted octanol–water partition coefficient (Wildman–Crippen LogP) is 0.888. The number of hydrogen-bond acceptors (Lipinski definition) is 2. The van der Waals surface area contributed by atoms with Crippen LogP contribution in [0.5, 0.6) is 0 Å². The van der Waals surface area contributed by atoms with Crippen LogP contribution in [0.4, 0.5) is 0 Å². The molecule has 11 heavy (non-hydrogen) atoms. The lowest BCUT2D eigenvalue weighted by Gasteiger charge is -2.53. The van der Waals surface area contributed by atoms with Gasteiger partial charge in [-0.25, -0.2) is 0 Å². The van der Waals surface area contributed by atoms with Gasteiger partial charge in [-0.15, -0.1) is 0 Å². The van der Waals surface area contributed by atoms with Crippen molar-refractivity contribution in [2.24, 2.45) is 11.3 Å².